The summed E-state index contributed by atoms with van der Waals surface area (Å²) in [5.74, 6) is -4.21. The Bertz CT molecular complexity index is 1180. The Morgan fingerprint density at radius 3 is 1.86 bits per heavy atom. The summed E-state index contributed by atoms with van der Waals surface area (Å²) in [6, 6.07) is 6.10. The molecule has 198 valence electrons. The highest BCUT2D eigenvalue weighted by Crippen LogP contribution is 2.42. The molecule has 2 aliphatic rings. The van der Waals surface area contributed by atoms with Crippen molar-refractivity contribution >= 4 is 58.8 Å². The van der Waals surface area contributed by atoms with Crippen molar-refractivity contribution in [2.75, 3.05) is 6.61 Å². The molecule has 0 amide bonds. The highest BCUT2D eigenvalue weighted by molar-refractivity contribution is 8.04. The van der Waals surface area contributed by atoms with E-state index in [-0.39, 0.29) is 21.1 Å². The van der Waals surface area contributed by atoms with Crippen LogP contribution in [0.1, 0.15) is 48.4 Å². The zero-order chi connectivity index (χ0) is 27.4. The van der Waals surface area contributed by atoms with Crippen LogP contribution >= 0.6 is 23.4 Å². The number of hydrogen-bond donors (Lipinski definition) is 0. The number of thioether (sulfide) groups is 1. The molecule has 1 aromatic carbocycles. The Morgan fingerprint density at radius 2 is 1.32 bits per heavy atom. The number of carbonyl (C=O) groups excluding carboxylic acids is 6. The van der Waals surface area contributed by atoms with Gasteiger partial charge in [0, 0.05) is 38.8 Å². The monoisotopic (exact) mass is 554 g/mol. The summed E-state index contributed by atoms with van der Waals surface area (Å²) in [7, 11) is 0. The maximum atomic E-state index is 13.2. The number of allylic oxidation sites excluding steroid dienone is 2. The van der Waals surface area contributed by atoms with Gasteiger partial charge in [0.25, 0.3) is 0 Å². The summed E-state index contributed by atoms with van der Waals surface area (Å²) in [5.41, 5.74) is -1.06. The predicted molar refractivity (Wildman–Crippen MR) is 128 cm³/mol. The van der Waals surface area contributed by atoms with E-state index in [1.807, 2.05) is 0 Å². The minimum absolute atomic E-state index is 0.116. The van der Waals surface area contributed by atoms with Gasteiger partial charge in [0.05, 0.1) is 4.91 Å². The average molecular weight is 555 g/mol. The van der Waals surface area contributed by atoms with Crippen LogP contribution in [0.3, 0.4) is 0 Å². The lowest BCUT2D eigenvalue weighted by Gasteiger charge is -2.44. The highest BCUT2D eigenvalue weighted by Gasteiger charge is 2.53. The zero-order valence-electron chi connectivity index (χ0n) is 20.2. The number of ketones is 2. The first-order chi connectivity index (χ1) is 17.4. The molecule has 37 heavy (non-hydrogen) atoms. The van der Waals surface area contributed by atoms with Crippen LogP contribution in [0.5, 0.6) is 0 Å². The lowest BCUT2D eigenvalue weighted by molar-refractivity contribution is -0.237. The summed E-state index contributed by atoms with van der Waals surface area (Å²) in [6.07, 6.45) is -5.39. The number of rotatable bonds is 7. The smallest absolute Gasteiger partial charge is 0.303 e. The molecule has 11 nitrogen and oxygen atoms in total. The molecule has 0 unspecified atom stereocenters. The lowest BCUT2D eigenvalue weighted by atomic mass is 9.94. The van der Waals surface area contributed by atoms with E-state index in [1.165, 1.54) is 12.1 Å². The predicted octanol–water partition coefficient (Wildman–Crippen LogP) is 2.33. The molecule has 1 fully saturated rings. The molecule has 0 saturated carbocycles. The Labute approximate surface area is 220 Å². The van der Waals surface area contributed by atoms with Gasteiger partial charge in [-0.05, 0) is 0 Å². The number of Topliss-reactive ketones (excluding diaryl/α,β-unsaturated/α-hetero) is 2. The number of hydrogen-bond acceptors (Lipinski definition) is 12. The van der Waals surface area contributed by atoms with Crippen molar-refractivity contribution in [1.82, 2.24) is 0 Å². The van der Waals surface area contributed by atoms with Crippen LogP contribution in [-0.2, 0) is 42.9 Å². The zero-order valence-corrected chi connectivity index (χ0v) is 21.8. The van der Waals surface area contributed by atoms with Crippen molar-refractivity contribution < 1.29 is 52.5 Å². The standard InChI is InChI=1S/C24H23ClO11S/c1-10(26)32-9-16-20(33-11(2)27)21(34-12(3)28)22(35-13(4)29)24(36-16)37-23-17(25)18(30)14-7-5-6-8-15(14)19(23)31/h5-8,16,20-22,24H,9H2,1-4H3/t16-,20-,21+,22-,24+/m1/s1. The number of esters is 4. The van der Waals surface area contributed by atoms with Gasteiger partial charge in [-0.3, -0.25) is 28.8 Å². The summed E-state index contributed by atoms with van der Waals surface area (Å²) in [6.45, 7) is 4.00. The number of benzene rings is 1. The van der Waals surface area contributed by atoms with Crippen molar-refractivity contribution in [3.8, 4) is 0 Å². The van der Waals surface area contributed by atoms with Gasteiger partial charge in [-0.25, -0.2) is 0 Å². The fraction of sp³-hybridized carbons (Fsp3) is 0.417. The molecule has 1 saturated heterocycles. The van der Waals surface area contributed by atoms with Crippen LogP contribution in [0.25, 0.3) is 0 Å². The van der Waals surface area contributed by atoms with Gasteiger partial charge in [0.15, 0.2) is 18.3 Å². The fourth-order valence-electron chi connectivity index (χ4n) is 3.83. The molecule has 13 heteroatoms. The summed E-state index contributed by atoms with van der Waals surface area (Å²) in [4.78, 5) is 73.1. The van der Waals surface area contributed by atoms with E-state index in [9.17, 15) is 28.8 Å². The van der Waals surface area contributed by atoms with E-state index < -0.39 is 71.9 Å². The van der Waals surface area contributed by atoms with E-state index in [1.54, 1.807) is 12.1 Å². The topological polar surface area (TPSA) is 149 Å². The molecule has 0 spiro atoms. The van der Waals surface area contributed by atoms with Crippen LogP contribution < -0.4 is 0 Å². The van der Waals surface area contributed by atoms with E-state index in [4.69, 9.17) is 35.3 Å². The van der Waals surface area contributed by atoms with Gasteiger partial charge in [0.2, 0.25) is 11.6 Å². The van der Waals surface area contributed by atoms with Crippen LogP contribution in [-0.4, -0.2) is 71.9 Å². The van der Waals surface area contributed by atoms with E-state index in [0.717, 1.165) is 27.7 Å². The van der Waals surface area contributed by atoms with Crippen molar-refractivity contribution in [1.29, 1.82) is 0 Å². The van der Waals surface area contributed by atoms with Crippen LogP contribution in [0, 0.1) is 0 Å². The second-order valence-corrected chi connectivity index (χ2v) is 9.52. The molecule has 0 radical (unpaired) electrons. The molecular weight excluding hydrogens is 532 g/mol. The number of carbonyl (C=O) groups is 6. The van der Waals surface area contributed by atoms with Crippen LogP contribution in [0.4, 0.5) is 0 Å². The summed E-state index contributed by atoms with van der Waals surface area (Å²) < 4.78 is 27.1. The summed E-state index contributed by atoms with van der Waals surface area (Å²) in [5, 5.41) is -0.374. The fourth-order valence-corrected chi connectivity index (χ4v) is 5.34. The van der Waals surface area contributed by atoms with Crippen LogP contribution in [0.15, 0.2) is 34.2 Å². The largest absolute Gasteiger partial charge is 0.463 e. The van der Waals surface area contributed by atoms with E-state index in [0.29, 0.717) is 11.8 Å². The maximum absolute atomic E-state index is 13.2. The number of ether oxygens (including phenoxy) is 5. The highest BCUT2D eigenvalue weighted by atomic mass is 35.5. The minimum Gasteiger partial charge on any atom is -0.463 e. The molecule has 1 aliphatic heterocycles. The van der Waals surface area contributed by atoms with E-state index in [2.05, 4.69) is 0 Å². The van der Waals surface area contributed by atoms with Crippen molar-refractivity contribution in [2.24, 2.45) is 0 Å². The second kappa shape index (κ2) is 11.9. The van der Waals surface area contributed by atoms with Gasteiger partial charge in [0.1, 0.15) is 23.2 Å². The Kier molecular flexibility index (Phi) is 9.11. The van der Waals surface area contributed by atoms with Gasteiger partial charge in [-0.1, -0.05) is 47.6 Å². The number of fused-ring (bicyclic) bond motifs is 1. The first-order valence-electron chi connectivity index (χ1n) is 11.0. The Balaban J connectivity index is 2.06. The van der Waals surface area contributed by atoms with Crippen molar-refractivity contribution in [2.45, 2.75) is 57.5 Å². The Morgan fingerprint density at radius 1 is 0.811 bits per heavy atom. The van der Waals surface area contributed by atoms with Gasteiger partial charge < -0.3 is 23.7 Å². The van der Waals surface area contributed by atoms with Gasteiger partial charge >= 0.3 is 23.9 Å². The first-order valence-corrected chi connectivity index (χ1v) is 12.2. The maximum Gasteiger partial charge on any atom is 0.303 e. The van der Waals surface area contributed by atoms with Gasteiger partial charge in [-0.15, -0.1) is 0 Å². The summed E-state index contributed by atoms with van der Waals surface area (Å²) >= 11 is 6.96. The lowest BCUT2D eigenvalue weighted by Crippen LogP contribution is -2.61. The average Bonchev–Trinajstić information content (AvgIpc) is 2.81. The molecule has 5 atom stereocenters. The molecule has 0 aromatic heterocycles. The quantitative estimate of drug-likeness (QED) is 0.359. The Hall–Kier alpha value is -3.22. The molecule has 1 aromatic rings. The third-order valence-electron chi connectivity index (χ3n) is 5.20. The molecule has 0 bridgehead atoms. The van der Waals surface area contributed by atoms with Crippen LogP contribution in [0.2, 0.25) is 0 Å². The third kappa shape index (κ3) is 6.56. The first kappa shape index (κ1) is 28.4. The molecule has 1 aliphatic carbocycles. The molecule has 3 rings (SSSR count). The van der Waals surface area contributed by atoms with Crippen molar-refractivity contribution in [3.05, 3.63) is 45.3 Å². The SMILES string of the molecule is CC(=O)OC[C@H]1O[C@@H](SC2=C(Cl)C(=O)c3ccccc3C2=O)[C@H](OC(C)=O)[C@@H](OC(C)=O)[C@@H]1OC(C)=O. The molecule has 0 N–H and O–H groups in total. The van der Waals surface area contributed by atoms with Crippen molar-refractivity contribution in [3.63, 3.8) is 0 Å². The normalized spacial score (nSPS) is 25.2. The van der Waals surface area contributed by atoms with E-state index >= 15 is 0 Å². The molecule has 1 heterocycles. The number of halogens is 1. The van der Waals surface area contributed by atoms with Gasteiger partial charge in [-0.2, -0.15) is 0 Å². The molecular formula is C24H23ClO11S. The second-order valence-electron chi connectivity index (χ2n) is 8.03. The minimum atomic E-state index is -1.42. The third-order valence-corrected chi connectivity index (χ3v) is 6.91.